The number of aryl methyl sites for hydroxylation is 1. The van der Waals surface area contributed by atoms with Gasteiger partial charge in [0.05, 0.1) is 12.2 Å². The summed E-state index contributed by atoms with van der Waals surface area (Å²) >= 11 is 5.17. The minimum atomic E-state index is 0.753. The van der Waals surface area contributed by atoms with Gasteiger partial charge in [0.1, 0.15) is 0 Å². The van der Waals surface area contributed by atoms with Crippen LogP contribution in [0.15, 0.2) is 40.4 Å². The number of aromatic nitrogens is 2. The van der Waals surface area contributed by atoms with Gasteiger partial charge in [0.15, 0.2) is 4.96 Å². The predicted octanol–water partition coefficient (Wildman–Crippen LogP) is 4.33. The Labute approximate surface area is 124 Å². The van der Waals surface area contributed by atoms with E-state index >= 15 is 0 Å². The average Bonchev–Trinajstić information content (AvgIpc) is 2.97. The maximum absolute atomic E-state index is 4.57. The largest absolute Gasteiger partial charge is 0.379 e. The number of anilines is 1. The number of imidazole rings is 1. The van der Waals surface area contributed by atoms with Gasteiger partial charge in [0.2, 0.25) is 0 Å². The number of nitrogens with one attached hydrogen (secondary N) is 1. The molecule has 19 heavy (non-hydrogen) atoms. The zero-order chi connectivity index (χ0) is 13.2. The average molecular weight is 336 g/mol. The van der Waals surface area contributed by atoms with E-state index in [-0.39, 0.29) is 0 Å². The van der Waals surface area contributed by atoms with Gasteiger partial charge in [-0.25, -0.2) is 4.98 Å². The van der Waals surface area contributed by atoms with Crippen molar-refractivity contribution in [1.82, 2.24) is 9.38 Å². The molecule has 3 aromatic rings. The van der Waals surface area contributed by atoms with Gasteiger partial charge in [-0.05, 0) is 30.2 Å². The third-order valence-electron chi connectivity index (χ3n) is 3.05. The Balaban J connectivity index is 1.77. The van der Waals surface area contributed by atoms with Gasteiger partial charge in [-0.15, -0.1) is 11.3 Å². The van der Waals surface area contributed by atoms with Gasteiger partial charge in [-0.1, -0.05) is 22.9 Å². The van der Waals surface area contributed by atoms with Crippen molar-refractivity contribution in [2.24, 2.45) is 0 Å². The van der Waals surface area contributed by atoms with Crippen LogP contribution in [0.2, 0.25) is 0 Å². The highest BCUT2D eigenvalue weighted by atomic mass is 79.9. The Bertz CT molecular complexity index is 673. The van der Waals surface area contributed by atoms with E-state index < -0.39 is 0 Å². The molecule has 3 nitrogen and oxygen atoms in total. The number of halogens is 1. The van der Waals surface area contributed by atoms with E-state index in [0.717, 1.165) is 28.1 Å². The second kappa shape index (κ2) is 5.35. The van der Waals surface area contributed by atoms with Crippen LogP contribution in [0.1, 0.15) is 18.2 Å². The number of hydrogen-bond donors (Lipinski definition) is 1. The van der Waals surface area contributed by atoms with Crippen molar-refractivity contribution in [3.63, 3.8) is 0 Å². The molecule has 0 fully saturated rings. The number of hydrogen-bond acceptors (Lipinski definition) is 3. The first kappa shape index (κ1) is 12.7. The van der Waals surface area contributed by atoms with Gasteiger partial charge in [0, 0.05) is 27.9 Å². The van der Waals surface area contributed by atoms with Crippen LogP contribution < -0.4 is 5.32 Å². The smallest absolute Gasteiger partial charge is 0.193 e. The summed E-state index contributed by atoms with van der Waals surface area (Å²) in [5.74, 6) is 0. The third kappa shape index (κ3) is 2.67. The first-order valence-electron chi connectivity index (χ1n) is 6.19. The fraction of sp³-hybridized carbons (Fsp3) is 0.214. The molecular weight excluding hydrogens is 322 g/mol. The number of thiazole rings is 1. The molecule has 0 bridgehead atoms. The first-order chi connectivity index (χ1) is 9.26. The molecule has 0 aliphatic heterocycles. The number of rotatable bonds is 4. The summed E-state index contributed by atoms with van der Waals surface area (Å²) in [5.41, 5.74) is 3.56. The molecule has 0 spiro atoms. The molecule has 0 amide bonds. The summed E-state index contributed by atoms with van der Waals surface area (Å²) in [5, 5.41) is 5.51. The Kier molecular flexibility index (Phi) is 3.57. The molecule has 1 aromatic carbocycles. The topological polar surface area (TPSA) is 29.3 Å². The molecule has 0 saturated heterocycles. The van der Waals surface area contributed by atoms with Crippen LogP contribution in [0.4, 0.5) is 5.69 Å². The number of fused-ring (bicyclic) bond motifs is 1. The molecule has 2 aromatic heterocycles. The minimum absolute atomic E-state index is 0.753. The van der Waals surface area contributed by atoms with Gasteiger partial charge >= 0.3 is 0 Å². The van der Waals surface area contributed by atoms with Crippen molar-refractivity contribution in [2.45, 2.75) is 19.9 Å². The molecule has 5 heteroatoms. The van der Waals surface area contributed by atoms with Crippen molar-refractivity contribution in [2.75, 3.05) is 5.32 Å². The van der Waals surface area contributed by atoms with Gasteiger partial charge < -0.3 is 5.32 Å². The Morgan fingerprint density at radius 3 is 3.11 bits per heavy atom. The molecule has 1 N–H and O–H groups in total. The molecule has 0 radical (unpaired) electrons. The SMILES string of the molecule is CCc1cc(Br)ccc1NCc1cn2ccsc2n1. The van der Waals surface area contributed by atoms with Crippen LogP contribution >= 0.6 is 27.3 Å². The van der Waals surface area contributed by atoms with Crippen LogP contribution in [0.25, 0.3) is 4.96 Å². The van der Waals surface area contributed by atoms with Gasteiger partial charge in [-0.2, -0.15) is 0 Å². The first-order valence-corrected chi connectivity index (χ1v) is 7.87. The van der Waals surface area contributed by atoms with E-state index in [1.165, 1.54) is 11.3 Å². The highest BCUT2D eigenvalue weighted by Crippen LogP contribution is 2.22. The highest BCUT2D eigenvalue weighted by Gasteiger charge is 2.04. The van der Waals surface area contributed by atoms with Crippen molar-refractivity contribution in [3.05, 3.63) is 51.7 Å². The van der Waals surface area contributed by atoms with E-state index in [0.29, 0.717) is 0 Å². The Morgan fingerprint density at radius 1 is 1.42 bits per heavy atom. The fourth-order valence-corrected chi connectivity index (χ4v) is 3.20. The van der Waals surface area contributed by atoms with Crippen molar-refractivity contribution in [1.29, 1.82) is 0 Å². The Hall–Kier alpha value is -1.33. The van der Waals surface area contributed by atoms with E-state index in [1.54, 1.807) is 11.3 Å². The van der Waals surface area contributed by atoms with Crippen molar-refractivity contribution < 1.29 is 0 Å². The fourth-order valence-electron chi connectivity index (χ4n) is 2.07. The quantitative estimate of drug-likeness (QED) is 0.768. The lowest BCUT2D eigenvalue weighted by Crippen LogP contribution is -2.02. The second-order valence-electron chi connectivity index (χ2n) is 4.33. The molecule has 98 valence electrons. The summed E-state index contributed by atoms with van der Waals surface area (Å²) in [6.07, 6.45) is 5.12. The summed E-state index contributed by atoms with van der Waals surface area (Å²) < 4.78 is 3.18. The maximum atomic E-state index is 4.57. The molecule has 2 heterocycles. The van der Waals surface area contributed by atoms with Crippen LogP contribution in [0.5, 0.6) is 0 Å². The van der Waals surface area contributed by atoms with Crippen LogP contribution in [-0.2, 0) is 13.0 Å². The zero-order valence-corrected chi connectivity index (χ0v) is 13.0. The molecule has 0 aliphatic carbocycles. The predicted molar refractivity (Wildman–Crippen MR) is 83.9 cm³/mol. The molecular formula is C14H14BrN3S. The monoisotopic (exact) mass is 335 g/mol. The summed E-state index contributed by atoms with van der Waals surface area (Å²) in [4.78, 5) is 5.62. The Morgan fingerprint density at radius 2 is 2.32 bits per heavy atom. The summed E-state index contributed by atoms with van der Waals surface area (Å²) in [7, 11) is 0. The van der Waals surface area contributed by atoms with Gasteiger partial charge in [-0.3, -0.25) is 4.40 Å². The van der Waals surface area contributed by atoms with Crippen LogP contribution in [0.3, 0.4) is 0 Å². The molecule has 0 atom stereocenters. The zero-order valence-electron chi connectivity index (χ0n) is 10.6. The molecule has 0 saturated carbocycles. The third-order valence-corrected chi connectivity index (χ3v) is 4.32. The maximum Gasteiger partial charge on any atom is 0.193 e. The van der Waals surface area contributed by atoms with E-state index in [2.05, 4.69) is 62.0 Å². The van der Waals surface area contributed by atoms with Crippen LogP contribution in [0, 0.1) is 0 Å². The standard InChI is InChI=1S/C14H14BrN3S/c1-2-10-7-11(15)3-4-13(10)16-8-12-9-18-5-6-19-14(18)17-12/h3-7,9,16H,2,8H2,1H3. The molecule has 0 aliphatic rings. The highest BCUT2D eigenvalue weighted by molar-refractivity contribution is 9.10. The van der Waals surface area contributed by atoms with E-state index in [9.17, 15) is 0 Å². The lowest BCUT2D eigenvalue weighted by molar-refractivity contribution is 1.05. The lowest BCUT2D eigenvalue weighted by atomic mass is 10.1. The number of benzene rings is 1. The molecule has 3 rings (SSSR count). The number of nitrogens with zero attached hydrogens (tertiary/aromatic N) is 2. The summed E-state index contributed by atoms with van der Waals surface area (Å²) in [6.45, 7) is 2.92. The van der Waals surface area contributed by atoms with E-state index in [1.807, 2.05) is 11.6 Å². The van der Waals surface area contributed by atoms with Crippen LogP contribution in [-0.4, -0.2) is 9.38 Å². The van der Waals surface area contributed by atoms with Crippen molar-refractivity contribution in [3.8, 4) is 0 Å². The lowest BCUT2D eigenvalue weighted by Gasteiger charge is -2.10. The molecule has 0 unspecified atom stereocenters. The van der Waals surface area contributed by atoms with Crippen molar-refractivity contribution >= 4 is 37.9 Å². The second-order valence-corrected chi connectivity index (χ2v) is 6.12. The normalized spacial score (nSPS) is 11.1. The summed E-state index contributed by atoms with van der Waals surface area (Å²) in [6, 6.07) is 6.34. The minimum Gasteiger partial charge on any atom is -0.379 e. The van der Waals surface area contributed by atoms with Gasteiger partial charge in [0.25, 0.3) is 0 Å². The van der Waals surface area contributed by atoms with E-state index in [4.69, 9.17) is 0 Å².